The molecular weight excluding hydrogens is 164 g/mol. The summed E-state index contributed by atoms with van der Waals surface area (Å²) < 4.78 is 0. The molecule has 0 aromatic heterocycles. The lowest BCUT2D eigenvalue weighted by atomic mass is 9.97. The van der Waals surface area contributed by atoms with Crippen LogP contribution < -0.4 is 0 Å². The van der Waals surface area contributed by atoms with Crippen LogP contribution in [0.5, 0.6) is 0 Å². The fourth-order valence-corrected chi connectivity index (χ4v) is 1.83. The van der Waals surface area contributed by atoms with Crippen LogP contribution in [-0.4, -0.2) is 23.4 Å². The molecule has 0 fully saturated rings. The number of rotatable bonds is 2. The van der Waals surface area contributed by atoms with Crippen LogP contribution in [0.15, 0.2) is 29.8 Å². The molecule has 1 aliphatic rings. The number of aliphatic hydroxyl groups is 2. The van der Waals surface area contributed by atoms with Crippen LogP contribution in [-0.2, 0) is 0 Å². The first kappa shape index (κ1) is 8.48. The Bertz CT molecular complexity index is 342. The molecule has 0 heterocycles. The van der Waals surface area contributed by atoms with Gasteiger partial charge in [0.15, 0.2) is 0 Å². The lowest BCUT2D eigenvalue weighted by Gasteiger charge is -2.11. The summed E-state index contributed by atoms with van der Waals surface area (Å²) in [7, 11) is 0. The highest BCUT2D eigenvalue weighted by Crippen LogP contribution is 2.35. The molecular formula is C11H12O2. The summed E-state index contributed by atoms with van der Waals surface area (Å²) in [5.74, 6) is 0.00111. The van der Waals surface area contributed by atoms with Gasteiger partial charge in [0.25, 0.3) is 0 Å². The van der Waals surface area contributed by atoms with Gasteiger partial charge in [-0.15, -0.1) is 0 Å². The third-order valence-electron chi connectivity index (χ3n) is 2.53. The average molecular weight is 176 g/mol. The first-order chi connectivity index (χ1) is 6.36. The van der Waals surface area contributed by atoms with Gasteiger partial charge in [0.1, 0.15) is 0 Å². The van der Waals surface area contributed by atoms with E-state index in [0.717, 1.165) is 16.7 Å². The molecule has 0 bridgehead atoms. The Balaban J connectivity index is 2.44. The average Bonchev–Trinajstić information content (AvgIpc) is 2.55. The van der Waals surface area contributed by atoms with E-state index < -0.39 is 0 Å². The summed E-state index contributed by atoms with van der Waals surface area (Å²) in [6, 6.07) is 7.91. The van der Waals surface area contributed by atoms with Gasteiger partial charge in [0, 0.05) is 5.92 Å². The van der Waals surface area contributed by atoms with E-state index in [1.54, 1.807) is 0 Å². The van der Waals surface area contributed by atoms with E-state index in [-0.39, 0.29) is 19.1 Å². The van der Waals surface area contributed by atoms with Crippen molar-refractivity contribution >= 4 is 6.08 Å². The van der Waals surface area contributed by atoms with Crippen molar-refractivity contribution in [1.29, 1.82) is 0 Å². The second kappa shape index (κ2) is 3.32. The van der Waals surface area contributed by atoms with Crippen LogP contribution in [0.25, 0.3) is 6.08 Å². The van der Waals surface area contributed by atoms with Crippen LogP contribution in [0.3, 0.4) is 0 Å². The fourth-order valence-electron chi connectivity index (χ4n) is 1.83. The summed E-state index contributed by atoms with van der Waals surface area (Å²) in [5, 5.41) is 18.2. The van der Waals surface area contributed by atoms with E-state index in [0.29, 0.717) is 0 Å². The molecule has 1 unspecified atom stereocenters. The van der Waals surface area contributed by atoms with E-state index in [1.807, 2.05) is 30.3 Å². The predicted molar refractivity (Wildman–Crippen MR) is 51.3 cm³/mol. The molecule has 0 amide bonds. The standard InChI is InChI=1S/C11H12O2/c12-6-9-5-8-3-1-2-4-10(8)11(9)7-13/h1-5,11-13H,6-7H2. The lowest BCUT2D eigenvalue weighted by molar-refractivity contribution is 0.261. The van der Waals surface area contributed by atoms with E-state index in [2.05, 4.69) is 0 Å². The largest absolute Gasteiger partial charge is 0.395 e. The zero-order chi connectivity index (χ0) is 9.26. The minimum Gasteiger partial charge on any atom is -0.395 e. The van der Waals surface area contributed by atoms with Gasteiger partial charge in [-0.1, -0.05) is 30.3 Å². The van der Waals surface area contributed by atoms with Crippen molar-refractivity contribution in [2.24, 2.45) is 0 Å². The Morgan fingerprint density at radius 1 is 1.15 bits per heavy atom. The maximum Gasteiger partial charge on any atom is 0.0651 e. The molecule has 0 radical (unpaired) electrons. The van der Waals surface area contributed by atoms with E-state index >= 15 is 0 Å². The highest BCUT2D eigenvalue weighted by molar-refractivity contribution is 5.66. The predicted octanol–water partition coefficient (Wildman–Crippen LogP) is 1.15. The quantitative estimate of drug-likeness (QED) is 0.709. The Morgan fingerprint density at radius 3 is 2.62 bits per heavy atom. The number of hydrogen-bond donors (Lipinski definition) is 2. The van der Waals surface area contributed by atoms with E-state index in [1.165, 1.54) is 0 Å². The summed E-state index contributed by atoms with van der Waals surface area (Å²) in [6.45, 7) is 0.101. The van der Waals surface area contributed by atoms with Gasteiger partial charge >= 0.3 is 0 Å². The summed E-state index contributed by atoms with van der Waals surface area (Å²) in [5.41, 5.74) is 3.14. The van der Waals surface area contributed by atoms with Gasteiger partial charge in [-0.05, 0) is 16.7 Å². The van der Waals surface area contributed by atoms with Crippen molar-refractivity contribution in [2.75, 3.05) is 13.2 Å². The molecule has 0 saturated heterocycles. The fraction of sp³-hybridized carbons (Fsp3) is 0.273. The van der Waals surface area contributed by atoms with Crippen LogP contribution in [0.4, 0.5) is 0 Å². The van der Waals surface area contributed by atoms with Crippen molar-refractivity contribution in [2.45, 2.75) is 5.92 Å². The van der Waals surface area contributed by atoms with Gasteiger partial charge in [-0.25, -0.2) is 0 Å². The highest BCUT2D eigenvalue weighted by Gasteiger charge is 2.22. The molecule has 68 valence electrons. The van der Waals surface area contributed by atoms with Crippen molar-refractivity contribution in [3.8, 4) is 0 Å². The number of benzene rings is 1. The molecule has 0 aliphatic heterocycles. The van der Waals surface area contributed by atoms with Crippen LogP contribution in [0, 0.1) is 0 Å². The normalized spacial score (nSPS) is 19.8. The second-order valence-corrected chi connectivity index (χ2v) is 3.24. The van der Waals surface area contributed by atoms with Crippen LogP contribution >= 0.6 is 0 Å². The van der Waals surface area contributed by atoms with Gasteiger partial charge in [-0.3, -0.25) is 0 Å². The van der Waals surface area contributed by atoms with Gasteiger partial charge in [-0.2, -0.15) is 0 Å². The molecule has 1 aliphatic carbocycles. The topological polar surface area (TPSA) is 40.5 Å². The van der Waals surface area contributed by atoms with Gasteiger partial charge in [0.2, 0.25) is 0 Å². The Labute approximate surface area is 77.1 Å². The monoisotopic (exact) mass is 176 g/mol. The molecule has 2 nitrogen and oxygen atoms in total. The zero-order valence-electron chi connectivity index (χ0n) is 7.27. The highest BCUT2D eigenvalue weighted by atomic mass is 16.3. The smallest absolute Gasteiger partial charge is 0.0651 e. The summed E-state index contributed by atoms with van der Waals surface area (Å²) in [6.07, 6.45) is 1.95. The first-order valence-corrected chi connectivity index (χ1v) is 4.38. The SMILES string of the molecule is OCC1=Cc2ccccc2C1CO. The Morgan fingerprint density at radius 2 is 1.92 bits per heavy atom. The summed E-state index contributed by atoms with van der Waals surface area (Å²) in [4.78, 5) is 0. The summed E-state index contributed by atoms with van der Waals surface area (Å²) >= 11 is 0. The Hall–Kier alpha value is -1.12. The first-order valence-electron chi connectivity index (χ1n) is 4.38. The lowest BCUT2D eigenvalue weighted by Crippen LogP contribution is -2.06. The molecule has 2 heteroatoms. The maximum absolute atomic E-state index is 9.16. The third kappa shape index (κ3) is 1.28. The van der Waals surface area contributed by atoms with Gasteiger partial charge < -0.3 is 10.2 Å². The second-order valence-electron chi connectivity index (χ2n) is 3.24. The molecule has 2 N–H and O–H groups in total. The van der Waals surface area contributed by atoms with Crippen molar-refractivity contribution in [3.05, 3.63) is 41.0 Å². The van der Waals surface area contributed by atoms with Gasteiger partial charge in [0.05, 0.1) is 13.2 Å². The number of aliphatic hydroxyl groups excluding tert-OH is 2. The van der Waals surface area contributed by atoms with Crippen molar-refractivity contribution < 1.29 is 10.2 Å². The molecule has 0 spiro atoms. The van der Waals surface area contributed by atoms with Crippen LogP contribution in [0.1, 0.15) is 17.0 Å². The number of fused-ring (bicyclic) bond motifs is 1. The number of hydrogen-bond acceptors (Lipinski definition) is 2. The molecule has 2 rings (SSSR count). The molecule has 13 heavy (non-hydrogen) atoms. The minimum absolute atomic E-state index is 0.00111. The molecule has 1 aromatic rings. The van der Waals surface area contributed by atoms with Crippen molar-refractivity contribution in [1.82, 2.24) is 0 Å². The minimum atomic E-state index is 0.00111. The zero-order valence-corrected chi connectivity index (χ0v) is 7.27. The third-order valence-corrected chi connectivity index (χ3v) is 2.53. The van der Waals surface area contributed by atoms with E-state index in [4.69, 9.17) is 10.2 Å². The Kier molecular flexibility index (Phi) is 2.17. The molecule has 1 aromatic carbocycles. The molecule has 1 atom stereocenters. The van der Waals surface area contributed by atoms with Crippen LogP contribution in [0.2, 0.25) is 0 Å². The van der Waals surface area contributed by atoms with E-state index in [9.17, 15) is 0 Å². The molecule has 0 saturated carbocycles. The maximum atomic E-state index is 9.16. The van der Waals surface area contributed by atoms with Crippen molar-refractivity contribution in [3.63, 3.8) is 0 Å².